The second-order valence-corrected chi connectivity index (χ2v) is 6.33. The first-order chi connectivity index (χ1) is 13.5. The van der Waals surface area contributed by atoms with Crippen molar-refractivity contribution in [3.05, 3.63) is 65.5 Å². The molecule has 1 aliphatic heterocycles. The lowest BCUT2D eigenvalue weighted by molar-refractivity contribution is -0.133. The van der Waals surface area contributed by atoms with Gasteiger partial charge >= 0.3 is 0 Å². The molecule has 1 aliphatic rings. The highest BCUT2D eigenvalue weighted by Gasteiger charge is 2.25. The standard InChI is InChI=1S/C20H19F3N2O3/c21-15-6-5-14(13-17(15)23)20(27)25-10-8-24(9-11-25)19(26)7-12-28-18-4-2-1-3-16(18)22/h1-6,13H,7-12H2. The first kappa shape index (κ1) is 19.7. The zero-order chi connectivity index (χ0) is 20.1. The van der Waals surface area contributed by atoms with Gasteiger partial charge in [0.2, 0.25) is 5.91 Å². The minimum atomic E-state index is -1.07. The normalized spacial score (nSPS) is 14.1. The third-order valence-electron chi connectivity index (χ3n) is 4.50. The van der Waals surface area contributed by atoms with Gasteiger partial charge in [-0.25, -0.2) is 13.2 Å². The van der Waals surface area contributed by atoms with Crippen LogP contribution in [0.2, 0.25) is 0 Å². The van der Waals surface area contributed by atoms with Gasteiger partial charge in [-0.3, -0.25) is 9.59 Å². The Hall–Kier alpha value is -3.03. The SMILES string of the molecule is O=C(CCOc1ccccc1F)N1CCN(C(=O)c2ccc(F)c(F)c2)CC1. The molecule has 1 heterocycles. The summed E-state index contributed by atoms with van der Waals surface area (Å²) in [5.41, 5.74) is 0.0666. The summed E-state index contributed by atoms with van der Waals surface area (Å²) in [5, 5.41) is 0. The van der Waals surface area contributed by atoms with Gasteiger partial charge in [-0.05, 0) is 30.3 Å². The lowest BCUT2D eigenvalue weighted by Crippen LogP contribution is -2.50. The van der Waals surface area contributed by atoms with E-state index in [1.54, 1.807) is 17.0 Å². The molecule has 0 radical (unpaired) electrons. The van der Waals surface area contributed by atoms with Crippen molar-refractivity contribution in [2.75, 3.05) is 32.8 Å². The third kappa shape index (κ3) is 4.62. The number of hydrogen-bond donors (Lipinski definition) is 0. The molecule has 2 amide bonds. The molecule has 3 rings (SSSR count). The largest absolute Gasteiger partial charge is 0.490 e. The maximum Gasteiger partial charge on any atom is 0.254 e. The molecule has 1 saturated heterocycles. The number of nitrogens with zero attached hydrogens (tertiary/aromatic N) is 2. The molecular weight excluding hydrogens is 373 g/mol. The number of hydrogen-bond acceptors (Lipinski definition) is 3. The van der Waals surface area contributed by atoms with Gasteiger partial charge in [-0.2, -0.15) is 0 Å². The fraction of sp³-hybridized carbons (Fsp3) is 0.300. The zero-order valence-corrected chi connectivity index (χ0v) is 15.0. The maximum absolute atomic E-state index is 13.5. The summed E-state index contributed by atoms with van der Waals surface area (Å²) < 4.78 is 45.1. The van der Waals surface area contributed by atoms with Gasteiger partial charge in [0, 0.05) is 31.7 Å². The Morgan fingerprint density at radius 1 is 0.857 bits per heavy atom. The molecule has 0 bridgehead atoms. The highest BCUT2D eigenvalue weighted by Crippen LogP contribution is 2.16. The van der Waals surface area contributed by atoms with Gasteiger partial charge < -0.3 is 14.5 Å². The highest BCUT2D eigenvalue weighted by molar-refractivity contribution is 5.94. The zero-order valence-electron chi connectivity index (χ0n) is 15.0. The lowest BCUT2D eigenvalue weighted by atomic mass is 10.1. The minimum Gasteiger partial charge on any atom is -0.490 e. The first-order valence-corrected chi connectivity index (χ1v) is 8.85. The monoisotopic (exact) mass is 392 g/mol. The summed E-state index contributed by atoms with van der Waals surface area (Å²) in [6.07, 6.45) is 0.0887. The molecule has 0 aliphatic carbocycles. The molecule has 28 heavy (non-hydrogen) atoms. The summed E-state index contributed by atoms with van der Waals surface area (Å²) in [6, 6.07) is 8.98. The van der Waals surface area contributed by atoms with E-state index in [1.807, 2.05) is 0 Å². The van der Waals surface area contributed by atoms with Crippen LogP contribution in [0, 0.1) is 17.5 Å². The predicted octanol–water partition coefficient (Wildman–Crippen LogP) is 2.86. The van der Waals surface area contributed by atoms with Crippen molar-refractivity contribution in [3.8, 4) is 5.75 Å². The van der Waals surface area contributed by atoms with Gasteiger partial charge in [0.05, 0.1) is 13.0 Å². The Kier molecular flexibility index (Phi) is 6.18. The van der Waals surface area contributed by atoms with Crippen molar-refractivity contribution >= 4 is 11.8 Å². The van der Waals surface area contributed by atoms with Crippen LogP contribution in [0.25, 0.3) is 0 Å². The van der Waals surface area contributed by atoms with Crippen molar-refractivity contribution in [3.63, 3.8) is 0 Å². The van der Waals surface area contributed by atoms with Crippen LogP contribution in [-0.2, 0) is 4.79 Å². The number of benzene rings is 2. The fourth-order valence-electron chi connectivity index (χ4n) is 2.94. The third-order valence-corrected chi connectivity index (χ3v) is 4.50. The quantitative estimate of drug-likeness (QED) is 0.786. The van der Waals surface area contributed by atoms with Crippen molar-refractivity contribution in [2.45, 2.75) is 6.42 Å². The Labute approximate surface area is 160 Å². The van der Waals surface area contributed by atoms with E-state index >= 15 is 0 Å². The van der Waals surface area contributed by atoms with E-state index in [1.165, 1.54) is 23.1 Å². The van der Waals surface area contributed by atoms with Gasteiger partial charge in [0.1, 0.15) is 0 Å². The second-order valence-electron chi connectivity index (χ2n) is 6.33. The fourth-order valence-corrected chi connectivity index (χ4v) is 2.94. The van der Waals surface area contributed by atoms with E-state index in [0.29, 0.717) is 13.1 Å². The van der Waals surface area contributed by atoms with Crippen LogP contribution in [0.15, 0.2) is 42.5 Å². The summed E-state index contributed by atoms with van der Waals surface area (Å²) >= 11 is 0. The van der Waals surface area contributed by atoms with Gasteiger partial charge in [-0.1, -0.05) is 12.1 Å². The van der Waals surface area contributed by atoms with Crippen molar-refractivity contribution in [1.82, 2.24) is 9.80 Å². The molecule has 0 unspecified atom stereocenters. The molecule has 0 N–H and O–H groups in total. The minimum absolute atomic E-state index is 0.0494. The Morgan fingerprint density at radius 3 is 2.21 bits per heavy atom. The average Bonchev–Trinajstić information content (AvgIpc) is 2.71. The van der Waals surface area contributed by atoms with E-state index in [2.05, 4.69) is 0 Å². The number of carbonyl (C=O) groups is 2. The van der Waals surface area contributed by atoms with Gasteiger partial charge in [0.25, 0.3) is 5.91 Å². The summed E-state index contributed by atoms with van der Waals surface area (Å²) in [4.78, 5) is 27.7. The molecule has 0 atom stereocenters. The summed E-state index contributed by atoms with van der Waals surface area (Å²) in [6.45, 7) is 1.28. The molecule has 148 valence electrons. The van der Waals surface area contributed by atoms with E-state index in [9.17, 15) is 22.8 Å². The number of para-hydroxylation sites is 1. The molecule has 8 heteroatoms. The first-order valence-electron chi connectivity index (χ1n) is 8.85. The molecule has 0 saturated carbocycles. The number of ether oxygens (including phenoxy) is 1. The van der Waals surface area contributed by atoms with Crippen molar-refractivity contribution < 1.29 is 27.5 Å². The van der Waals surface area contributed by atoms with E-state index < -0.39 is 23.4 Å². The molecule has 0 spiro atoms. The number of rotatable bonds is 5. The van der Waals surface area contributed by atoms with Crippen LogP contribution < -0.4 is 4.74 Å². The maximum atomic E-state index is 13.5. The van der Waals surface area contributed by atoms with Crippen LogP contribution in [-0.4, -0.2) is 54.4 Å². The topological polar surface area (TPSA) is 49.9 Å². The number of halogens is 3. The predicted molar refractivity (Wildman–Crippen MR) is 95.4 cm³/mol. The van der Waals surface area contributed by atoms with Gasteiger partial charge in [-0.15, -0.1) is 0 Å². The van der Waals surface area contributed by atoms with Gasteiger partial charge in [0.15, 0.2) is 23.2 Å². The molecule has 0 aromatic heterocycles. The van der Waals surface area contributed by atoms with Crippen LogP contribution in [0.4, 0.5) is 13.2 Å². The van der Waals surface area contributed by atoms with E-state index in [-0.39, 0.29) is 43.3 Å². The second kappa shape index (κ2) is 8.77. The molecular formula is C20H19F3N2O3. The van der Waals surface area contributed by atoms with Crippen LogP contribution in [0.3, 0.4) is 0 Å². The van der Waals surface area contributed by atoms with Crippen LogP contribution in [0.5, 0.6) is 5.75 Å². The van der Waals surface area contributed by atoms with Crippen LogP contribution >= 0.6 is 0 Å². The molecule has 2 aromatic rings. The number of carbonyl (C=O) groups excluding carboxylic acids is 2. The highest BCUT2D eigenvalue weighted by atomic mass is 19.2. The molecule has 5 nitrogen and oxygen atoms in total. The lowest BCUT2D eigenvalue weighted by Gasteiger charge is -2.34. The van der Waals surface area contributed by atoms with Crippen LogP contribution in [0.1, 0.15) is 16.8 Å². The summed E-state index contributed by atoms with van der Waals surface area (Å²) in [5.74, 6) is -3.04. The van der Waals surface area contributed by atoms with E-state index in [4.69, 9.17) is 4.74 Å². The Morgan fingerprint density at radius 2 is 1.54 bits per heavy atom. The van der Waals surface area contributed by atoms with E-state index in [0.717, 1.165) is 12.1 Å². The Balaban J connectivity index is 1.46. The molecule has 1 fully saturated rings. The average molecular weight is 392 g/mol. The summed E-state index contributed by atoms with van der Waals surface area (Å²) in [7, 11) is 0. The van der Waals surface area contributed by atoms with Crippen molar-refractivity contribution in [1.29, 1.82) is 0 Å². The smallest absolute Gasteiger partial charge is 0.254 e. The van der Waals surface area contributed by atoms with Crippen molar-refractivity contribution in [2.24, 2.45) is 0 Å². The number of amides is 2. The Bertz CT molecular complexity index is 868. The molecule has 2 aromatic carbocycles. The number of piperazine rings is 1.